The second kappa shape index (κ2) is 5.60. The molecule has 5 nitrogen and oxygen atoms in total. The molecule has 0 aliphatic heterocycles. The molecule has 2 aromatic heterocycles. The lowest BCUT2D eigenvalue weighted by molar-refractivity contribution is 0.406. The molecular weight excluding hydrogens is 322 g/mol. The largest absolute Gasteiger partial charge is 0.455 e. The van der Waals surface area contributed by atoms with Gasteiger partial charge in [-0.25, -0.2) is 0 Å². The summed E-state index contributed by atoms with van der Waals surface area (Å²) in [5.41, 5.74) is 6.61. The van der Waals surface area contributed by atoms with Gasteiger partial charge in [0.25, 0.3) is 5.89 Å². The van der Waals surface area contributed by atoms with Gasteiger partial charge in [-0.3, -0.25) is 0 Å². The first-order valence-corrected chi connectivity index (χ1v) is 6.90. The summed E-state index contributed by atoms with van der Waals surface area (Å²) in [5.74, 6) is 2.22. The van der Waals surface area contributed by atoms with Crippen LogP contribution in [-0.2, 0) is 13.0 Å². The molecule has 0 saturated heterocycles. The number of aromatic nitrogens is 2. The monoisotopic (exact) mass is 333 g/mol. The van der Waals surface area contributed by atoms with Crippen molar-refractivity contribution in [3.63, 3.8) is 0 Å². The Labute approximate surface area is 123 Å². The Morgan fingerprint density at radius 1 is 1.10 bits per heavy atom. The van der Waals surface area contributed by atoms with Gasteiger partial charge in [0.1, 0.15) is 5.76 Å². The van der Waals surface area contributed by atoms with Crippen LogP contribution < -0.4 is 5.73 Å². The van der Waals surface area contributed by atoms with E-state index < -0.39 is 0 Å². The molecule has 0 saturated carbocycles. The van der Waals surface area contributed by atoms with Crippen LogP contribution in [0.5, 0.6) is 0 Å². The van der Waals surface area contributed by atoms with E-state index in [9.17, 15) is 0 Å². The molecule has 3 rings (SSSR count). The van der Waals surface area contributed by atoms with Gasteiger partial charge < -0.3 is 14.7 Å². The van der Waals surface area contributed by atoms with Gasteiger partial charge in [-0.2, -0.15) is 4.98 Å². The SMILES string of the molecule is NCc1ccc(-c2nc(Cc3ccc(Br)cc3)no2)o1. The molecule has 1 aromatic carbocycles. The fraction of sp³-hybridized carbons (Fsp3) is 0.143. The Balaban J connectivity index is 1.78. The lowest BCUT2D eigenvalue weighted by Gasteiger charge is -1.96. The maximum atomic E-state index is 5.50. The van der Waals surface area contributed by atoms with E-state index in [1.165, 1.54) is 0 Å². The normalized spacial score (nSPS) is 10.9. The van der Waals surface area contributed by atoms with Crippen LogP contribution in [0, 0.1) is 0 Å². The van der Waals surface area contributed by atoms with Gasteiger partial charge in [-0.05, 0) is 29.8 Å². The smallest absolute Gasteiger partial charge is 0.293 e. The van der Waals surface area contributed by atoms with Gasteiger partial charge in [0.15, 0.2) is 11.6 Å². The minimum atomic E-state index is 0.347. The fourth-order valence-electron chi connectivity index (χ4n) is 1.81. The molecule has 0 aliphatic carbocycles. The second-order valence-corrected chi connectivity index (χ2v) is 5.20. The molecule has 0 amide bonds. The van der Waals surface area contributed by atoms with Gasteiger partial charge in [0, 0.05) is 10.9 Å². The van der Waals surface area contributed by atoms with Gasteiger partial charge >= 0.3 is 0 Å². The number of rotatable bonds is 4. The van der Waals surface area contributed by atoms with Crippen LogP contribution in [0.3, 0.4) is 0 Å². The summed E-state index contributed by atoms with van der Waals surface area (Å²) < 4.78 is 11.7. The Hall–Kier alpha value is -1.92. The topological polar surface area (TPSA) is 78.1 Å². The molecule has 3 aromatic rings. The minimum absolute atomic E-state index is 0.347. The molecular formula is C14H12BrN3O2. The van der Waals surface area contributed by atoms with Crippen molar-refractivity contribution < 1.29 is 8.94 Å². The van der Waals surface area contributed by atoms with Crippen LogP contribution in [0.25, 0.3) is 11.7 Å². The van der Waals surface area contributed by atoms with Crippen molar-refractivity contribution in [2.24, 2.45) is 5.73 Å². The minimum Gasteiger partial charge on any atom is -0.455 e. The third-order valence-electron chi connectivity index (χ3n) is 2.82. The molecule has 0 unspecified atom stereocenters. The number of nitrogens with zero attached hydrogens (tertiary/aromatic N) is 2. The molecule has 2 heterocycles. The highest BCUT2D eigenvalue weighted by Crippen LogP contribution is 2.21. The van der Waals surface area contributed by atoms with Crippen molar-refractivity contribution in [1.82, 2.24) is 10.1 Å². The van der Waals surface area contributed by atoms with E-state index in [0.717, 1.165) is 10.0 Å². The predicted molar refractivity (Wildman–Crippen MR) is 76.8 cm³/mol. The Morgan fingerprint density at radius 2 is 1.90 bits per heavy atom. The van der Waals surface area contributed by atoms with Crippen molar-refractivity contribution in [2.45, 2.75) is 13.0 Å². The highest BCUT2D eigenvalue weighted by atomic mass is 79.9. The standard InChI is InChI=1S/C14H12BrN3O2/c15-10-3-1-9(2-4-10)7-13-17-14(20-18-13)12-6-5-11(8-16)19-12/h1-6H,7-8,16H2. The molecule has 0 aliphatic rings. The van der Waals surface area contributed by atoms with E-state index in [1.807, 2.05) is 24.3 Å². The summed E-state index contributed by atoms with van der Waals surface area (Å²) in [7, 11) is 0. The van der Waals surface area contributed by atoms with Crippen molar-refractivity contribution in [1.29, 1.82) is 0 Å². The third kappa shape index (κ3) is 2.81. The lowest BCUT2D eigenvalue weighted by atomic mass is 10.1. The molecule has 0 spiro atoms. The van der Waals surface area contributed by atoms with E-state index >= 15 is 0 Å². The van der Waals surface area contributed by atoms with Crippen LogP contribution in [0.1, 0.15) is 17.1 Å². The van der Waals surface area contributed by atoms with Gasteiger partial charge in [-0.1, -0.05) is 33.2 Å². The zero-order valence-corrected chi connectivity index (χ0v) is 12.1. The van der Waals surface area contributed by atoms with Crippen LogP contribution in [0.15, 0.2) is 49.8 Å². The summed E-state index contributed by atoms with van der Waals surface area (Å²) in [6.07, 6.45) is 0.612. The highest BCUT2D eigenvalue weighted by molar-refractivity contribution is 9.10. The van der Waals surface area contributed by atoms with Gasteiger partial charge in [0.05, 0.1) is 6.54 Å². The average Bonchev–Trinajstić information content (AvgIpc) is 3.10. The first kappa shape index (κ1) is 13.1. The van der Waals surface area contributed by atoms with Crippen LogP contribution in [0.4, 0.5) is 0 Å². The summed E-state index contributed by atoms with van der Waals surface area (Å²) in [5, 5.41) is 3.96. The molecule has 20 heavy (non-hydrogen) atoms. The summed E-state index contributed by atoms with van der Waals surface area (Å²) in [6.45, 7) is 0.347. The third-order valence-corrected chi connectivity index (χ3v) is 3.35. The predicted octanol–water partition coefficient (Wildman–Crippen LogP) is 3.14. The second-order valence-electron chi connectivity index (χ2n) is 4.29. The Kier molecular flexibility index (Phi) is 3.66. The summed E-state index contributed by atoms with van der Waals surface area (Å²) in [6, 6.07) is 11.6. The number of hydrogen-bond donors (Lipinski definition) is 1. The number of halogens is 1. The molecule has 0 fully saturated rings. The zero-order valence-electron chi connectivity index (χ0n) is 10.5. The number of furan rings is 1. The first-order chi connectivity index (χ1) is 9.74. The quantitative estimate of drug-likeness (QED) is 0.793. The molecule has 102 valence electrons. The average molecular weight is 334 g/mol. The van der Waals surface area contributed by atoms with Crippen molar-refractivity contribution in [3.8, 4) is 11.7 Å². The first-order valence-electron chi connectivity index (χ1n) is 6.11. The van der Waals surface area contributed by atoms with E-state index in [-0.39, 0.29) is 0 Å². The van der Waals surface area contributed by atoms with E-state index in [0.29, 0.717) is 36.2 Å². The number of nitrogens with two attached hydrogens (primary N) is 1. The van der Waals surface area contributed by atoms with Gasteiger partial charge in [0.2, 0.25) is 0 Å². The Bertz CT molecular complexity index is 703. The molecule has 6 heteroatoms. The lowest BCUT2D eigenvalue weighted by Crippen LogP contribution is -1.92. The zero-order chi connectivity index (χ0) is 13.9. The summed E-state index contributed by atoms with van der Waals surface area (Å²) in [4.78, 5) is 4.32. The molecule has 0 radical (unpaired) electrons. The summed E-state index contributed by atoms with van der Waals surface area (Å²) >= 11 is 3.40. The fourth-order valence-corrected chi connectivity index (χ4v) is 2.08. The van der Waals surface area contributed by atoms with Crippen LogP contribution in [0.2, 0.25) is 0 Å². The Morgan fingerprint density at radius 3 is 2.60 bits per heavy atom. The highest BCUT2D eigenvalue weighted by Gasteiger charge is 2.13. The number of hydrogen-bond acceptors (Lipinski definition) is 5. The van der Waals surface area contributed by atoms with E-state index in [2.05, 4.69) is 26.1 Å². The molecule has 0 atom stereocenters. The molecule has 0 bridgehead atoms. The maximum Gasteiger partial charge on any atom is 0.293 e. The molecule has 2 N–H and O–H groups in total. The van der Waals surface area contributed by atoms with E-state index in [4.69, 9.17) is 14.7 Å². The maximum absolute atomic E-state index is 5.50. The van der Waals surface area contributed by atoms with Crippen molar-refractivity contribution in [3.05, 3.63) is 58.0 Å². The van der Waals surface area contributed by atoms with Crippen LogP contribution >= 0.6 is 15.9 Å². The van der Waals surface area contributed by atoms with E-state index in [1.54, 1.807) is 12.1 Å². The van der Waals surface area contributed by atoms with Crippen molar-refractivity contribution >= 4 is 15.9 Å². The van der Waals surface area contributed by atoms with Gasteiger partial charge in [-0.15, -0.1) is 0 Å². The van der Waals surface area contributed by atoms with Crippen LogP contribution in [-0.4, -0.2) is 10.1 Å². The number of benzene rings is 1. The van der Waals surface area contributed by atoms with Crippen molar-refractivity contribution in [2.75, 3.05) is 0 Å².